The second-order valence-electron chi connectivity index (χ2n) is 5.59. The van der Waals surface area contributed by atoms with Crippen molar-refractivity contribution in [3.8, 4) is 0 Å². The first kappa shape index (κ1) is 17.1. The second-order valence-corrected chi connectivity index (χ2v) is 6.41. The molecular weight excluding hydrogens is 325 g/mol. The standard InChI is InChI=1S/C16H19Cl2NO3/c1-2-19(9-6-14(20)21)15(22)16(7-3-8-16)11-4-5-12(17)13(18)10-11/h4-5,10H,2-3,6-9H2,1H3,(H,20,21). The third-order valence-corrected chi connectivity index (χ3v) is 5.09. The lowest BCUT2D eigenvalue weighted by Crippen LogP contribution is -2.51. The number of carbonyl (C=O) groups is 2. The Labute approximate surface area is 140 Å². The van der Waals surface area contributed by atoms with Gasteiger partial charge in [0.1, 0.15) is 0 Å². The van der Waals surface area contributed by atoms with Gasteiger partial charge in [-0.2, -0.15) is 0 Å². The number of nitrogens with zero attached hydrogens (tertiary/aromatic N) is 1. The summed E-state index contributed by atoms with van der Waals surface area (Å²) in [5.41, 5.74) is 0.287. The summed E-state index contributed by atoms with van der Waals surface area (Å²) in [6, 6.07) is 5.31. The lowest BCUT2D eigenvalue weighted by atomic mass is 9.63. The Morgan fingerprint density at radius 3 is 2.41 bits per heavy atom. The summed E-state index contributed by atoms with van der Waals surface area (Å²) >= 11 is 12.0. The normalized spacial score (nSPS) is 16.0. The highest BCUT2D eigenvalue weighted by Crippen LogP contribution is 2.46. The molecule has 22 heavy (non-hydrogen) atoms. The summed E-state index contributed by atoms with van der Waals surface area (Å²) in [6.07, 6.45) is 2.44. The van der Waals surface area contributed by atoms with Gasteiger partial charge in [-0.05, 0) is 37.5 Å². The SMILES string of the molecule is CCN(CCC(=O)O)C(=O)C1(c2ccc(Cl)c(Cl)c2)CCC1. The largest absolute Gasteiger partial charge is 0.481 e. The van der Waals surface area contributed by atoms with Crippen LogP contribution in [0.1, 0.15) is 38.2 Å². The molecule has 0 saturated heterocycles. The Morgan fingerprint density at radius 2 is 1.95 bits per heavy atom. The van der Waals surface area contributed by atoms with Gasteiger partial charge in [0.2, 0.25) is 5.91 Å². The first-order valence-electron chi connectivity index (χ1n) is 7.37. The van der Waals surface area contributed by atoms with Crippen LogP contribution in [0.25, 0.3) is 0 Å². The number of amides is 1. The smallest absolute Gasteiger partial charge is 0.305 e. The van der Waals surface area contributed by atoms with E-state index in [2.05, 4.69) is 0 Å². The number of halogens is 2. The molecule has 1 aliphatic carbocycles. The fourth-order valence-electron chi connectivity index (χ4n) is 2.89. The van der Waals surface area contributed by atoms with E-state index in [4.69, 9.17) is 28.3 Å². The number of carboxylic acid groups (broad SMARTS) is 1. The zero-order valence-electron chi connectivity index (χ0n) is 12.4. The molecule has 0 heterocycles. The van der Waals surface area contributed by atoms with Crippen molar-refractivity contribution in [3.63, 3.8) is 0 Å². The molecule has 1 saturated carbocycles. The third kappa shape index (κ3) is 3.23. The summed E-state index contributed by atoms with van der Waals surface area (Å²) in [5, 5.41) is 9.73. The highest BCUT2D eigenvalue weighted by Gasteiger charge is 2.47. The summed E-state index contributed by atoms with van der Waals surface area (Å²) in [6.45, 7) is 2.59. The van der Waals surface area contributed by atoms with Gasteiger partial charge in [0, 0.05) is 13.1 Å². The summed E-state index contributed by atoms with van der Waals surface area (Å²) < 4.78 is 0. The molecule has 0 bridgehead atoms. The maximum atomic E-state index is 12.9. The van der Waals surface area contributed by atoms with Gasteiger partial charge < -0.3 is 10.0 Å². The lowest BCUT2D eigenvalue weighted by Gasteiger charge is -2.44. The van der Waals surface area contributed by atoms with E-state index in [1.165, 1.54) is 0 Å². The van der Waals surface area contributed by atoms with Gasteiger partial charge in [-0.25, -0.2) is 0 Å². The monoisotopic (exact) mass is 343 g/mol. The van der Waals surface area contributed by atoms with Crippen LogP contribution in [0.4, 0.5) is 0 Å². The molecule has 0 radical (unpaired) electrons. The topological polar surface area (TPSA) is 57.6 Å². The Kier molecular flexibility index (Phi) is 5.35. The summed E-state index contributed by atoms with van der Waals surface area (Å²) in [4.78, 5) is 25.3. The van der Waals surface area contributed by atoms with Crippen LogP contribution in [-0.4, -0.2) is 35.0 Å². The highest BCUT2D eigenvalue weighted by atomic mass is 35.5. The van der Waals surface area contributed by atoms with E-state index in [0.29, 0.717) is 16.6 Å². The minimum Gasteiger partial charge on any atom is -0.481 e. The predicted octanol–water partition coefficient (Wildman–Crippen LogP) is 3.74. The van der Waals surface area contributed by atoms with E-state index < -0.39 is 11.4 Å². The number of carboxylic acids is 1. The second kappa shape index (κ2) is 6.88. The van der Waals surface area contributed by atoms with Crippen molar-refractivity contribution in [2.24, 2.45) is 0 Å². The van der Waals surface area contributed by atoms with Crippen LogP contribution in [0.5, 0.6) is 0 Å². The zero-order valence-corrected chi connectivity index (χ0v) is 14.0. The van der Waals surface area contributed by atoms with E-state index in [1.807, 2.05) is 13.0 Å². The molecule has 0 unspecified atom stereocenters. The fourth-order valence-corrected chi connectivity index (χ4v) is 3.18. The van der Waals surface area contributed by atoms with Crippen LogP contribution >= 0.6 is 23.2 Å². The van der Waals surface area contributed by atoms with E-state index in [9.17, 15) is 9.59 Å². The Bertz CT molecular complexity index is 585. The lowest BCUT2D eigenvalue weighted by molar-refractivity contribution is -0.142. The van der Waals surface area contributed by atoms with Crippen LogP contribution in [0.15, 0.2) is 18.2 Å². The summed E-state index contributed by atoms with van der Waals surface area (Å²) in [7, 11) is 0. The number of benzene rings is 1. The molecule has 1 N–H and O–H groups in total. The predicted molar refractivity (Wildman–Crippen MR) is 86.5 cm³/mol. The van der Waals surface area contributed by atoms with Crippen LogP contribution in [0, 0.1) is 0 Å². The van der Waals surface area contributed by atoms with Crippen LogP contribution in [-0.2, 0) is 15.0 Å². The average Bonchev–Trinajstić information content (AvgIpc) is 2.42. The van der Waals surface area contributed by atoms with Crippen LogP contribution in [0.2, 0.25) is 10.0 Å². The van der Waals surface area contributed by atoms with Crippen LogP contribution in [0.3, 0.4) is 0 Å². The molecule has 4 nitrogen and oxygen atoms in total. The molecule has 2 rings (SSSR count). The van der Waals surface area contributed by atoms with Crippen molar-refractivity contribution in [1.82, 2.24) is 4.90 Å². The molecular formula is C16H19Cl2NO3. The number of likely N-dealkylation sites (N-methyl/N-ethyl adjacent to an activating group) is 1. The number of hydrogen-bond acceptors (Lipinski definition) is 2. The van der Waals surface area contributed by atoms with Gasteiger partial charge in [-0.15, -0.1) is 0 Å². The van der Waals surface area contributed by atoms with Crippen molar-refractivity contribution >= 4 is 35.1 Å². The van der Waals surface area contributed by atoms with Crippen molar-refractivity contribution in [2.45, 2.75) is 38.0 Å². The van der Waals surface area contributed by atoms with Crippen molar-refractivity contribution in [2.75, 3.05) is 13.1 Å². The van der Waals surface area contributed by atoms with E-state index in [-0.39, 0.29) is 18.9 Å². The molecule has 0 atom stereocenters. The highest BCUT2D eigenvalue weighted by molar-refractivity contribution is 6.42. The molecule has 1 fully saturated rings. The zero-order chi connectivity index (χ0) is 16.3. The molecule has 6 heteroatoms. The van der Waals surface area contributed by atoms with Gasteiger partial charge in [-0.3, -0.25) is 9.59 Å². The molecule has 1 aliphatic rings. The summed E-state index contributed by atoms with van der Waals surface area (Å²) in [5.74, 6) is -0.913. The minimum absolute atomic E-state index is 0.0131. The number of aliphatic carboxylic acids is 1. The number of hydrogen-bond donors (Lipinski definition) is 1. The number of rotatable bonds is 6. The van der Waals surface area contributed by atoms with E-state index >= 15 is 0 Å². The Hall–Kier alpha value is -1.26. The molecule has 1 aromatic carbocycles. The Morgan fingerprint density at radius 1 is 1.27 bits per heavy atom. The maximum absolute atomic E-state index is 12.9. The van der Waals surface area contributed by atoms with Gasteiger partial charge >= 0.3 is 5.97 Å². The number of carbonyl (C=O) groups excluding carboxylic acids is 1. The van der Waals surface area contributed by atoms with Crippen molar-refractivity contribution in [3.05, 3.63) is 33.8 Å². The molecule has 1 aromatic rings. The van der Waals surface area contributed by atoms with Gasteiger partial charge in [0.25, 0.3) is 0 Å². The molecule has 120 valence electrons. The van der Waals surface area contributed by atoms with Crippen LogP contribution < -0.4 is 0 Å². The molecule has 1 amide bonds. The van der Waals surface area contributed by atoms with Crippen molar-refractivity contribution < 1.29 is 14.7 Å². The quantitative estimate of drug-likeness (QED) is 0.855. The van der Waals surface area contributed by atoms with Crippen molar-refractivity contribution in [1.29, 1.82) is 0 Å². The maximum Gasteiger partial charge on any atom is 0.305 e. The molecule has 0 spiro atoms. The Balaban J connectivity index is 2.26. The van der Waals surface area contributed by atoms with Gasteiger partial charge in [0.05, 0.1) is 21.9 Å². The van der Waals surface area contributed by atoms with E-state index in [0.717, 1.165) is 24.8 Å². The first-order valence-corrected chi connectivity index (χ1v) is 8.13. The first-order chi connectivity index (χ1) is 10.4. The molecule has 0 aliphatic heterocycles. The average molecular weight is 344 g/mol. The third-order valence-electron chi connectivity index (χ3n) is 4.35. The fraction of sp³-hybridized carbons (Fsp3) is 0.500. The van der Waals surface area contributed by atoms with Gasteiger partial charge in [-0.1, -0.05) is 35.7 Å². The molecule has 0 aromatic heterocycles. The van der Waals surface area contributed by atoms with E-state index in [1.54, 1.807) is 17.0 Å². The minimum atomic E-state index is -0.900. The van der Waals surface area contributed by atoms with Gasteiger partial charge in [0.15, 0.2) is 0 Å².